The maximum atomic E-state index is 11.9. The first-order chi connectivity index (χ1) is 11.5. The summed E-state index contributed by atoms with van der Waals surface area (Å²) in [4.78, 5) is 26.0. The van der Waals surface area contributed by atoms with E-state index in [1.165, 1.54) is 17.0 Å². The highest BCUT2D eigenvalue weighted by molar-refractivity contribution is 5.89. The molecule has 3 rings (SSSR count). The van der Waals surface area contributed by atoms with E-state index in [0.717, 1.165) is 0 Å². The summed E-state index contributed by atoms with van der Waals surface area (Å²) < 4.78 is 11.3. The van der Waals surface area contributed by atoms with Crippen LogP contribution in [0.4, 0.5) is 5.82 Å². The van der Waals surface area contributed by atoms with Gasteiger partial charge in [-0.2, -0.15) is 9.67 Å². The molecule has 0 aliphatic heterocycles. The van der Waals surface area contributed by atoms with Crippen LogP contribution in [0.25, 0.3) is 0 Å². The topological polar surface area (TPSA) is 142 Å². The maximum absolute atomic E-state index is 11.9. The molecule has 1 N–H and O–H groups in total. The molecule has 0 aromatic carbocycles. The first-order valence-corrected chi connectivity index (χ1v) is 6.85. The van der Waals surface area contributed by atoms with Gasteiger partial charge in [0.2, 0.25) is 0 Å². The van der Waals surface area contributed by atoms with Gasteiger partial charge in [-0.15, -0.1) is 0 Å². The normalized spacial score (nSPS) is 10.7. The van der Waals surface area contributed by atoms with E-state index in [0.29, 0.717) is 11.5 Å². The number of carbonyl (C=O) groups excluding carboxylic acids is 1. The van der Waals surface area contributed by atoms with Crippen molar-refractivity contribution in [2.45, 2.75) is 20.0 Å². The molecule has 3 heterocycles. The van der Waals surface area contributed by atoms with E-state index in [1.807, 2.05) is 0 Å². The van der Waals surface area contributed by atoms with Crippen molar-refractivity contribution < 1.29 is 18.7 Å². The van der Waals surface area contributed by atoms with E-state index in [4.69, 9.17) is 8.94 Å². The lowest BCUT2D eigenvalue weighted by molar-refractivity contribution is -0.389. The number of nitro groups is 1. The zero-order valence-corrected chi connectivity index (χ0v) is 12.5. The van der Waals surface area contributed by atoms with Gasteiger partial charge in [-0.1, -0.05) is 5.16 Å². The molecule has 0 bridgehead atoms. The number of hydrogen-bond donors (Lipinski definition) is 1. The zero-order chi connectivity index (χ0) is 17.1. The maximum Gasteiger partial charge on any atom is 0.390 e. The highest BCUT2D eigenvalue weighted by atomic mass is 16.6. The van der Waals surface area contributed by atoms with Crippen molar-refractivity contribution in [3.8, 4) is 0 Å². The number of furan rings is 1. The quantitative estimate of drug-likeness (QED) is 0.521. The number of hydrogen-bond acceptors (Lipinski definition) is 8. The van der Waals surface area contributed by atoms with Crippen LogP contribution in [0.5, 0.6) is 0 Å². The minimum atomic E-state index is -0.590. The van der Waals surface area contributed by atoms with E-state index in [9.17, 15) is 14.9 Å². The lowest BCUT2D eigenvalue weighted by Gasteiger charge is -1.97. The average Bonchev–Trinajstić information content (AvgIpc) is 3.27. The molecule has 124 valence electrons. The molecule has 24 heavy (non-hydrogen) atoms. The van der Waals surface area contributed by atoms with Crippen molar-refractivity contribution in [2.75, 3.05) is 0 Å². The van der Waals surface area contributed by atoms with Crippen molar-refractivity contribution in [1.82, 2.24) is 25.2 Å². The van der Waals surface area contributed by atoms with Crippen molar-refractivity contribution in [2.24, 2.45) is 0 Å². The second kappa shape index (κ2) is 6.32. The molecule has 0 aliphatic carbocycles. The number of aryl methyl sites for hydroxylation is 1. The molecule has 0 unspecified atom stereocenters. The van der Waals surface area contributed by atoms with Crippen LogP contribution in [0.3, 0.4) is 0 Å². The van der Waals surface area contributed by atoms with E-state index < -0.39 is 10.8 Å². The zero-order valence-electron chi connectivity index (χ0n) is 12.5. The van der Waals surface area contributed by atoms with Gasteiger partial charge < -0.3 is 24.4 Å². The van der Waals surface area contributed by atoms with Gasteiger partial charge in [0.05, 0.1) is 29.7 Å². The predicted molar refractivity (Wildman–Crippen MR) is 76.9 cm³/mol. The van der Waals surface area contributed by atoms with Gasteiger partial charge in [-0.05, 0) is 24.0 Å². The summed E-state index contributed by atoms with van der Waals surface area (Å²) in [6.07, 6.45) is 1.50. The number of amides is 1. The van der Waals surface area contributed by atoms with Crippen LogP contribution in [0, 0.1) is 17.0 Å². The summed E-state index contributed by atoms with van der Waals surface area (Å²) in [6.45, 7) is 1.90. The Morgan fingerprint density at radius 1 is 1.50 bits per heavy atom. The number of rotatable bonds is 6. The Morgan fingerprint density at radius 2 is 2.33 bits per heavy atom. The Labute approximate surface area is 134 Å². The van der Waals surface area contributed by atoms with Crippen LogP contribution in [0.15, 0.2) is 33.4 Å². The molecule has 0 atom stereocenters. The van der Waals surface area contributed by atoms with E-state index >= 15 is 0 Å². The third kappa shape index (κ3) is 3.29. The van der Waals surface area contributed by atoms with Gasteiger partial charge >= 0.3 is 17.6 Å². The van der Waals surface area contributed by atoms with E-state index in [2.05, 4.69) is 20.6 Å². The third-order valence-corrected chi connectivity index (χ3v) is 3.11. The highest BCUT2D eigenvalue weighted by Gasteiger charge is 2.19. The van der Waals surface area contributed by atoms with Crippen molar-refractivity contribution in [3.05, 3.63) is 57.7 Å². The smallest absolute Gasteiger partial charge is 0.390 e. The predicted octanol–water partition coefficient (Wildman–Crippen LogP) is 1.05. The van der Waals surface area contributed by atoms with Gasteiger partial charge in [-0.3, -0.25) is 4.79 Å². The number of aromatic nitrogens is 4. The summed E-state index contributed by atoms with van der Waals surface area (Å²) in [5.41, 5.74) is 0.565. The molecule has 0 saturated carbocycles. The minimum absolute atomic E-state index is 0.0502. The Hall–Kier alpha value is -3.50. The fourth-order valence-corrected chi connectivity index (χ4v) is 1.94. The molecular formula is C13H12N6O5. The van der Waals surface area contributed by atoms with Crippen LogP contribution in [0.1, 0.15) is 28.0 Å². The van der Waals surface area contributed by atoms with E-state index in [-0.39, 0.29) is 30.6 Å². The van der Waals surface area contributed by atoms with Crippen LogP contribution in [-0.2, 0) is 13.1 Å². The Bertz CT molecular complexity index is 865. The summed E-state index contributed by atoms with van der Waals surface area (Å²) in [7, 11) is 0. The van der Waals surface area contributed by atoms with E-state index in [1.54, 1.807) is 19.1 Å². The Kier molecular flexibility index (Phi) is 4.05. The second-order valence-corrected chi connectivity index (χ2v) is 4.84. The molecule has 0 radical (unpaired) electrons. The molecule has 0 fully saturated rings. The lowest BCUT2D eigenvalue weighted by atomic mass is 10.4. The minimum Gasteiger partial charge on any atom is -0.467 e. The Morgan fingerprint density at radius 3 is 3.00 bits per heavy atom. The summed E-state index contributed by atoms with van der Waals surface area (Å²) in [5.74, 6) is -0.265. The van der Waals surface area contributed by atoms with Crippen molar-refractivity contribution >= 4 is 11.7 Å². The molecule has 3 aromatic rings. The van der Waals surface area contributed by atoms with Crippen LogP contribution in [0.2, 0.25) is 0 Å². The first kappa shape index (κ1) is 15.4. The molecule has 0 saturated heterocycles. The molecule has 11 heteroatoms. The van der Waals surface area contributed by atoms with Gasteiger partial charge in [-0.25, -0.2) is 0 Å². The lowest BCUT2D eigenvalue weighted by Crippen LogP contribution is -2.23. The van der Waals surface area contributed by atoms with Gasteiger partial charge in [0.15, 0.2) is 5.82 Å². The highest BCUT2D eigenvalue weighted by Crippen LogP contribution is 2.12. The molecular weight excluding hydrogens is 320 g/mol. The monoisotopic (exact) mass is 332 g/mol. The molecule has 11 nitrogen and oxygen atoms in total. The van der Waals surface area contributed by atoms with Gasteiger partial charge in [0, 0.05) is 0 Å². The van der Waals surface area contributed by atoms with Gasteiger partial charge in [0.1, 0.15) is 12.3 Å². The Balaban J connectivity index is 1.64. The third-order valence-electron chi connectivity index (χ3n) is 3.11. The number of carbonyl (C=O) groups is 1. The summed E-state index contributed by atoms with van der Waals surface area (Å²) in [5, 5.41) is 20.8. The number of nitrogens with zero attached hydrogens (tertiary/aromatic N) is 5. The van der Waals surface area contributed by atoms with Crippen LogP contribution in [-0.4, -0.2) is 30.8 Å². The van der Waals surface area contributed by atoms with Crippen LogP contribution < -0.4 is 5.32 Å². The molecule has 3 aromatic heterocycles. The van der Waals surface area contributed by atoms with Crippen molar-refractivity contribution in [1.29, 1.82) is 0 Å². The number of nitrogens with one attached hydrogen (secondary N) is 1. The van der Waals surface area contributed by atoms with Crippen LogP contribution >= 0.6 is 0 Å². The fraction of sp³-hybridized carbons (Fsp3) is 0.231. The fourth-order valence-electron chi connectivity index (χ4n) is 1.94. The molecule has 0 aliphatic rings. The summed E-state index contributed by atoms with van der Waals surface area (Å²) >= 11 is 0. The SMILES string of the molecule is Cc1cc([N+](=O)[O-])nn1Cc1noc(C(=O)NCc2ccco2)n1. The second-order valence-electron chi connectivity index (χ2n) is 4.84. The van der Waals surface area contributed by atoms with Gasteiger partial charge in [0.25, 0.3) is 0 Å². The molecule has 1 amide bonds. The largest absolute Gasteiger partial charge is 0.467 e. The van der Waals surface area contributed by atoms with Crippen molar-refractivity contribution in [3.63, 3.8) is 0 Å². The average molecular weight is 332 g/mol. The summed E-state index contributed by atoms with van der Waals surface area (Å²) in [6, 6.07) is 4.75. The first-order valence-electron chi connectivity index (χ1n) is 6.85. The standard InChI is InChI=1S/C13H12N6O5/c1-8-5-11(19(21)22)16-18(8)7-10-15-13(24-17-10)12(20)14-6-9-3-2-4-23-9/h2-5H,6-7H2,1H3,(H,14,20). The molecule has 0 spiro atoms.